The topological polar surface area (TPSA) is 101 Å². The number of hydrogen-bond donors (Lipinski definition) is 2. The summed E-state index contributed by atoms with van der Waals surface area (Å²) in [5.41, 5.74) is 3.98. The first-order chi connectivity index (χ1) is 29.4. The van der Waals surface area contributed by atoms with Gasteiger partial charge in [-0.15, -0.1) is 11.3 Å². The fourth-order valence-electron chi connectivity index (χ4n) is 7.82. The van der Waals surface area contributed by atoms with Gasteiger partial charge in [-0.1, -0.05) is 13.8 Å². The number of thiazole rings is 2. The molecule has 2 N–H and O–H groups in total. The van der Waals surface area contributed by atoms with Crippen molar-refractivity contribution in [2.24, 2.45) is 0 Å². The first kappa shape index (κ1) is 52.5. The number of aromatic nitrogens is 6. The molecule has 2 aliphatic rings. The Morgan fingerprint density at radius 2 is 1.08 bits per heavy atom. The predicted molar refractivity (Wildman–Crippen MR) is 256 cm³/mol. The van der Waals surface area contributed by atoms with E-state index in [1.54, 1.807) is 9.09 Å². The molecule has 6 rings (SSSR count). The Morgan fingerprint density at radius 1 is 0.645 bits per heavy atom. The average molecular weight is 1030 g/mol. The van der Waals surface area contributed by atoms with Gasteiger partial charge in [0.1, 0.15) is 11.6 Å². The summed E-state index contributed by atoms with van der Waals surface area (Å²) >= 11 is 7.05. The molecule has 346 valence electrons. The van der Waals surface area contributed by atoms with Crippen molar-refractivity contribution in [3.63, 3.8) is 0 Å². The second kappa shape index (κ2) is 24.9. The molecule has 0 unspecified atom stereocenters. The molecule has 4 heterocycles. The van der Waals surface area contributed by atoms with Gasteiger partial charge in [0.25, 0.3) is 0 Å². The van der Waals surface area contributed by atoms with Crippen LogP contribution in [0.5, 0.6) is 0 Å². The molecule has 0 spiro atoms. The fraction of sp³-hybridized carbons (Fsp3) is 0.696. The van der Waals surface area contributed by atoms with Crippen molar-refractivity contribution in [2.45, 2.75) is 201 Å². The van der Waals surface area contributed by atoms with Gasteiger partial charge in [-0.2, -0.15) is 0 Å². The number of anilines is 2. The molecule has 0 amide bonds. The molecule has 2 saturated carbocycles. The Labute approximate surface area is 386 Å². The van der Waals surface area contributed by atoms with E-state index in [9.17, 15) is 17.6 Å². The number of nitrogens with zero attached hydrogens (tertiary/aromatic N) is 6. The minimum atomic E-state index is -2.51. The van der Waals surface area contributed by atoms with Crippen LogP contribution in [0.25, 0.3) is 10.8 Å². The number of alkyl halides is 4. The summed E-state index contributed by atoms with van der Waals surface area (Å²) in [5, 5.41) is 11.8. The van der Waals surface area contributed by atoms with Crippen LogP contribution in [-0.4, -0.2) is 72.2 Å². The monoisotopic (exact) mass is 1030 g/mol. The van der Waals surface area contributed by atoms with Crippen molar-refractivity contribution in [1.82, 2.24) is 29.9 Å². The molecular weight excluding hydrogens is 959 g/mol. The molecule has 0 bridgehead atoms. The minimum absolute atomic E-state index is 0.0364. The standard InChI is InChI=1S/C17H22F2N4S.C11H14ClF2N3.C6H8NS.3C4H9.Sn/c1-10(2)13-9-24-16(22-13)15-20-11(3)8-14(23-15)21-12-4-6-17(18,19)7-5-12;1-7-6-9(17-10(12)15-7)16-8-2-4-11(13,14)5-3-8;1-5(2)6-3-8-4-7-6;3*1-3-4-2;/h8-10,12H,4-7H2,1-3H3,(H,20,21,23);6,8H,2-5H2,1H3,(H,15,16,17);3,5H,1-2H3;3*1,3-4H2,2H3;. The molecular formula is C46H71ClF4N8S2Sn. The molecule has 0 atom stereocenters. The van der Waals surface area contributed by atoms with Gasteiger partial charge in [0.05, 0.1) is 5.69 Å². The van der Waals surface area contributed by atoms with Crippen molar-refractivity contribution in [1.29, 1.82) is 0 Å². The van der Waals surface area contributed by atoms with Gasteiger partial charge in [-0.25, -0.2) is 42.5 Å². The van der Waals surface area contributed by atoms with Crippen LogP contribution in [0.15, 0.2) is 22.9 Å². The van der Waals surface area contributed by atoms with Crippen LogP contribution in [0.1, 0.15) is 173 Å². The van der Waals surface area contributed by atoms with E-state index in [2.05, 4.69) is 89.4 Å². The van der Waals surface area contributed by atoms with E-state index in [0.29, 0.717) is 55.0 Å². The summed E-state index contributed by atoms with van der Waals surface area (Å²) in [5.74, 6) is -2.18. The SMILES string of the molecule is CCC[CH2][Sn]([CH2]CCC)([CH2]CCC)[c]1nc(C(C)C)cs1.Cc1cc(NC2CCC(F)(F)CC2)nc(-c2nc(C(C)C)cs2)n1.Cc1cc(NC2CCC(F)(F)CC2)nc(Cl)n1. The van der Waals surface area contributed by atoms with Crippen LogP contribution in [0.4, 0.5) is 29.2 Å². The van der Waals surface area contributed by atoms with Crippen molar-refractivity contribution in [2.75, 3.05) is 10.6 Å². The van der Waals surface area contributed by atoms with Gasteiger partial charge in [0, 0.05) is 66.7 Å². The molecule has 0 radical (unpaired) electrons. The fourth-order valence-corrected chi connectivity index (χ4v) is 28.5. The normalized spacial score (nSPS) is 16.7. The second-order valence-corrected chi connectivity index (χ2v) is 34.0. The van der Waals surface area contributed by atoms with Gasteiger partial charge in [-0.3, -0.25) is 0 Å². The first-order valence-corrected chi connectivity index (χ1v) is 32.6. The molecule has 2 aliphatic carbocycles. The summed E-state index contributed by atoms with van der Waals surface area (Å²) in [4.78, 5) is 26.7. The van der Waals surface area contributed by atoms with E-state index in [1.165, 1.54) is 68.9 Å². The Bertz CT molecular complexity index is 1880. The van der Waals surface area contributed by atoms with Crippen LogP contribution >= 0.6 is 34.3 Å². The van der Waals surface area contributed by atoms with Crippen LogP contribution in [-0.2, 0) is 0 Å². The van der Waals surface area contributed by atoms with Crippen LogP contribution < -0.4 is 13.7 Å². The summed E-state index contributed by atoms with van der Waals surface area (Å²) in [6.07, 6.45) is 9.89. The van der Waals surface area contributed by atoms with E-state index in [0.717, 1.165) is 22.1 Å². The number of unbranched alkanes of at least 4 members (excludes halogenated alkanes) is 3. The Kier molecular flexibility index (Phi) is 21.1. The third kappa shape index (κ3) is 17.0. The molecule has 62 heavy (non-hydrogen) atoms. The molecule has 2 fully saturated rings. The zero-order valence-corrected chi connectivity index (χ0v) is 43.8. The first-order valence-electron chi connectivity index (χ1n) is 22.9. The maximum absolute atomic E-state index is 13.3. The Morgan fingerprint density at radius 3 is 1.50 bits per heavy atom. The van der Waals surface area contributed by atoms with Crippen LogP contribution in [0, 0.1) is 13.8 Å². The summed E-state index contributed by atoms with van der Waals surface area (Å²) in [7, 11) is 0. The third-order valence-corrected chi connectivity index (χ3v) is 31.5. The van der Waals surface area contributed by atoms with E-state index >= 15 is 0 Å². The summed E-state index contributed by atoms with van der Waals surface area (Å²) in [6, 6.07) is 3.69. The Balaban J connectivity index is 0.000000208. The maximum atomic E-state index is 13.3. The zero-order chi connectivity index (χ0) is 45.5. The molecule has 4 aromatic rings. The third-order valence-electron chi connectivity index (χ3n) is 11.7. The van der Waals surface area contributed by atoms with Gasteiger partial charge >= 0.3 is 141 Å². The largest absolute Gasteiger partial charge is 0.367 e. The molecule has 0 saturated heterocycles. The van der Waals surface area contributed by atoms with Gasteiger partial charge < -0.3 is 10.6 Å². The predicted octanol–water partition coefficient (Wildman–Crippen LogP) is 14.8. The van der Waals surface area contributed by atoms with Crippen molar-refractivity contribution >= 4 is 67.3 Å². The summed E-state index contributed by atoms with van der Waals surface area (Å²) in [6.45, 7) is 19.5. The minimum Gasteiger partial charge on any atom is -0.367 e. The van der Waals surface area contributed by atoms with Crippen molar-refractivity contribution < 1.29 is 17.6 Å². The quantitative estimate of drug-likeness (QED) is 0.0613. The van der Waals surface area contributed by atoms with E-state index < -0.39 is 30.2 Å². The average Bonchev–Trinajstić information content (AvgIpc) is 3.92. The van der Waals surface area contributed by atoms with Crippen molar-refractivity contribution in [3.05, 3.63) is 51.0 Å². The van der Waals surface area contributed by atoms with Gasteiger partial charge in [0.15, 0.2) is 10.8 Å². The second-order valence-electron chi connectivity index (χ2n) is 18.0. The zero-order valence-electron chi connectivity index (χ0n) is 38.5. The molecule has 0 aromatic carbocycles. The van der Waals surface area contributed by atoms with Crippen LogP contribution in [0.3, 0.4) is 0 Å². The van der Waals surface area contributed by atoms with E-state index in [-0.39, 0.29) is 43.1 Å². The molecule has 0 aliphatic heterocycles. The summed E-state index contributed by atoms with van der Waals surface area (Å²) < 4.78 is 58.7. The molecule has 8 nitrogen and oxygen atoms in total. The number of halogens is 5. The molecule has 16 heteroatoms. The van der Waals surface area contributed by atoms with Crippen molar-refractivity contribution in [3.8, 4) is 10.8 Å². The number of hydrogen-bond acceptors (Lipinski definition) is 10. The van der Waals surface area contributed by atoms with E-state index in [1.807, 2.05) is 36.6 Å². The maximum Gasteiger partial charge on any atom is 0.248 e. The molecule has 4 aromatic heterocycles. The van der Waals surface area contributed by atoms with Crippen LogP contribution in [0.2, 0.25) is 18.6 Å². The van der Waals surface area contributed by atoms with Gasteiger partial charge in [0.2, 0.25) is 17.1 Å². The van der Waals surface area contributed by atoms with Gasteiger partial charge in [-0.05, 0) is 57.0 Å². The Hall–Kier alpha value is -2.17. The smallest absolute Gasteiger partial charge is 0.248 e. The van der Waals surface area contributed by atoms with E-state index in [4.69, 9.17) is 16.6 Å². The number of nitrogens with one attached hydrogen (secondary N) is 2. The number of rotatable bonds is 17. The number of aryl methyl sites for hydroxylation is 2.